The van der Waals surface area contributed by atoms with E-state index in [0.717, 1.165) is 28.7 Å². The van der Waals surface area contributed by atoms with Crippen molar-refractivity contribution >= 4 is 44.0 Å². The van der Waals surface area contributed by atoms with Crippen LogP contribution in [0.3, 0.4) is 0 Å². The highest BCUT2D eigenvalue weighted by Gasteiger charge is 2.13. The highest BCUT2D eigenvalue weighted by Crippen LogP contribution is 2.25. The Morgan fingerprint density at radius 2 is 1.82 bits per heavy atom. The van der Waals surface area contributed by atoms with Gasteiger partial charge in [0.25, 0.3) is 5.56 Å². The molecule has 2 aromatic heterocycles. The molecule has 0 radical (unpaired) electrons. The van der Waals surface area contributed by atoms with Crippen LogP contribution in [0.25, 0.3) is 22.4 Å². The lowest BCUT2D eigenvalue weighted by molar-refractivity contribution is 0.866. The first kappa shape index (κ1) is 18.8. The van der Waals surface area contributed by atoms with E-state index in [-0.39, 0.29) is 5.56 Å². The summed E-state index contributed by atoms with van der Waals surface area (Å²) in [6.07, 6.45) is 1.90. The van der Waals surface area contributed by atoms with Gasteiger partial charge in [0.15, 0.2) is 5.82 Å². The zero-order chi connectivity index (χ0) is 19.7. The lowest BCUT2D eigenvalue weighted by atomic mass is 10.2. The smallest absolute Gasteiger partial charge is 0.291 e. The summed E-state index contributed by atoms with van der Waals surface area (Å²) in [6, 6.07) is 16.0. The molecule has 4 aromatic rings. The molecular formula is C21H19BrN4OS. The van der Waals surface area contributed by atoms with E-state index in [1.807, 2.05) is 42.5 Å². The first-order chi connectivity index (χ1) is 13.6. The minimum atomic E-state index is -0.140. The van der Waals surface area contributed by atoms with Gasteiger partial charge < -0.3 is 4.90 Å². The van der Waals surface area contributed by atoms with Crippen LogP contribution in [0.15, 0.2) is 57.8 Å². The number of fused-ring (bicyclic) bond motifs is 1. The molecule has 7 heteroatoms. The van der Waals surface area contributed by atoms with Crippen LogP contribution < -0.4 is 15.0 Å². The number of anilines is 1. The fourth-order valence-corrected chi connectivity index (χ4v) is 4.48. The van der Waals surface area contributed by atoms with Crippen LogP contribution in [0.1, 0.15) is 19.4 Å². The summed E-state index contributed by atoms with van der Waals surface area (Å²) in [7, 11) is 0. The molecule has 5 nitrogen and oxygen atoms in total. The molecule has 0 atom stereocenters. The van der Waals surface area contributed by atoms with Gasteiger partial charge in [-0.05, 0) is 49.8 Å². The molecule has 0 saturated carbocycles. The summed E-state index contributed by atoms with van der Waals surface area (Å²) in [4.78, 5) is 20.2. The summed E-state index contributed by atoms with van der Waals surface area (Å²) in [6.45, 7) is 6.23. The maximum Gasteiger partial charge on any atom is 0.291 e. The molecule has 0 saturated heterocycles. The van der Waals surface area contributed by atoms with Gasteiger partial charge in [-0.25, -0.2) is 0 Å². The quantitative estimate of drug-likeness (QED) is 0.457. The molecule has 0 aliphatic rings. The first-order valence-electron chi connectivity index (χ1n) is 9.12. The molecule has 2 aromatic carbocycles. The molecular weight excluding hydrogens is 436 g/mol. The number of hydrogen-bond donors (Lipinski definition) is 0. The van der Waals surface area contributed by atoms with Gasteiger partial charge in [-0.3, -0.25) is 4.79 Å². The van der Waals surface area contributed by atoms with Crippen LogP contribution in [-0.2, 0) is 0 Å². The molecule has 0 unspecified atom stereocenters. The Labute approximate surface area is 175 Å². The fourth-order valence-electron chi connectivity index (χ4n) is 3.11. The summed E-state index contributed by atoms with van der Waals surface area (Å²) >= 11 is 4.86. The molecule has 0 N–H and O–H groups in total. The normalized spacial score (nSPS) is 12.0. The third-order valence-electron chi connectivity index (χ3n) is 4.62. The van der Waals surface area contributed by atoms with Gasteiger partial charge in [0.2, 0.25) is 4.96 Å². The number of hydrogen-bond acceptors (Lipinski definition) is 5. The third kappa shape index (κ3) is 3.47. The Balaban J connectivity index is 1.70. The van der Waals surface area contributed by atoms with Gasteiger partial charge in [0, 0.05) is 28.8 Å². The van der Waals surface area contributed by atoms with Gasteiger partial charge in [0.1, 0.15) is 0 Å². The molecule has 0 amide bonds. The Morgan fingerprint density at radius 1 is 1.11 bits per heavy atom. The predicted molar refractivity (Wildman–Crippen MR) is 119 cm³/mol. The SMILES string of the molecule is CCN(CC)c1ccc(/C=c2\sc3nc(-c4ccccc4Br)nn3c2=O)cc1. The first-order valence-corrected chi connectivity index (χ1v) is 10.7. The average molecular weight is 455 g/mol. The average Bonchev–Trinajstić information content (AvgIpc) is 3.24. The second-order valence-corrected chi connectivity index (χ2v) is 8.15. The second-order valence-electron chi connectivity index (χ2n) is 6.29. The van der Waals surface area contributed by atoms with E-state index in [2.05, 4.69) is 56.9 Å². The number of rotatable bonds is 5. The molecule has 0 bridgehead atoms. The van der Waals surface area contributed by atoms with Crippen LogP contribution in [0.5, 0.6) is 0 Å². The molecule has 28 heavy (non-hydrogen) atoms. The van der Waals surface area contributed by atoms with Crippen molar-refractivity contribution in [1.29, 1.82) is 0 Å². The standard InChI is InChI=1S/C21H19BrN4OS/c1-3-25(4-2)15-11-9-14(10-12-15)13-18-20(27)26-21(28-18)23-19(24-26)16-7-5-6-8-17(16)22/h5-13H,3-4H2,1-2H3/b18-13-. The second kappa shape index (κ2) is 7.85. The Morgan fingerprint density at radius 3 is 2.46 bits per heavy atom. The molecule has 142 valence electrons. The Kier molecular flexibility index (Phi) is 5.28. The van der Waals surface area contributed by atoms with E-state index >= 15 is 0 Å². The van der Waals surface area contributed by atoms with Gasteiger partial charge in [-0.15, -0.1) is 5.10 Å². The summed E-state index contributed by atoms with van der Waals surface area (Å²) < 4.78 is 2.92. The van der Waals surface area contributed by atoms with E-state index in [1.54, 1.807) is 0 Å². The number of halogens is 1. The topological polar surface area (TPSA) is 50.5 Å². The van der Waals surface area contributed by atoms with Crippen LogP contribution in [0.2, 0.25) is 0 Å². The zero-order valence-electron chi connectivity index (χ0n) is 15.6. The van der Waals surface area contributed by atoms with E-state index in [0.29, 0.717) is 15.3 Å². The van der Waals surface area contributed by atoms with Crippen molar-refractivity contribution in [3.63, 3.8) is 0 Å². The minimum Gasteiger partial charge on any atom is -0.372 e. The number of thiazole rings is 1. The predicted octanol–water partition coefficient (Wildman–Crippen LogP) is 3.97. The summed E-state index contributed by atoms with van der Waals surface area (Å²) in [5.41, 5.74) is 2.91. The lowest BCUT2D eigenvalue weighted by Crippen LogP contribution is -2.23. The zero-order valence-corrected chi connectivity index (χ0v) is 18.0. The molecule has 0 spiro atoms. The van der Waals surface area contributed by atoms with Gasteiger partial charge in [-0.2, -0.15) is 9.50 Å². The molecule has 0 aliphatic carbocycles. The van der Waals surface area contributed by atoms with Crippen molar-refractivity contribution in [2.24, 2.45) is 0 Å². The number of aromatic nitrogens is 3. The molecule has 2 heterocycles. The van der Waals surface area contributed by atoms with E-state index in [1.165, 1.54) is 21.5 Å². The maximum absolute atomic E-state index is 12.7. The Bertz CT molecular complexity index is 1230. The van der Waals surface area contributed by atoms with E-state index in [4.69, 9.17) is 0 Å². The summed E-state index contributed by atoms with van der Waals surface area (Å²) in [5, 5.41) is 4.41. The Hall–Kier alpha value is -2.51. The summed E-state index contributed by atoms with van der Waals surface area (Å²) in [5.74, 6) is 0.547. The van der Waals surface area contributed by atoms with Crippen molar-refractivity contribution in [3.8, 4) is 11.4 Å². The van der Waals surface area contributed by atoms with E-state index in [9.17, 15) is 4.79 Å². The van der Waals surface area contributed by atoms with Crippen LogP contribution in [0, 0.1) is 0 Å². The molecule has 0 fully saturated rings. The highest BCUT2D eigenvalue weighted by molar-refractivity contribution is 9.10. The molecule has 0 aliphatic heterocycles. The van der Waals surface area contributed by atoms with E-state index < -0.39 is 0 Å². The largest absolute Gasteiger partial charge is 0.372 e. The van der Waals surface area contributed by atoms with Crippen molar-refractivity contribution in [1.82, 2.24) is 14.6 Å². The minimum absolute atomic E-state index is 0.140. The van der Waals surface area contributed by atoms with Crippen molar-refractivity contribution in [3.05, 3.63) is 73.5 Å². The third-order valence-corrected chi connectivity index (χ3v) is 6.27. The van der Waals surface area contributed by atoms with Crippen molar-refractivity contribution in [2.75, 3.05) is 18.0 Å². The lowest BCUT2D eigenvalue weighted by Gasteiger charge is -2.20. The van der Waals surface area contributed by atoms with Crippen LogP contribution in [0.4, 0.5) is 5.69 Å². The monoisotopic (exact) mass is 454 g/mol. The van der Waals surface area contributed by atoms with Gasteiger partial charge in [0.05, 0.1) is 4.53 Å². The van der Waals surface area contributed by atoms with Gasteiger partial charge in [-0.1, -0.05) is 51.5 Å². The fraction of sp³-hybridized carbons (Fsp3) is 0.190. The van der Waals surface area contributed by atoms with Crippen LogP contribution in [-0.4, -0.2) is 27.7 Å². The van der Waals surface area contributed by atoms with Gasteiger partial charge >= 0.3 is 0 Å². The van der Waals surface area contributed by atoms with Crippen molar-refractivity contribution in [2.45, 2.75) is 13.8 Å². The number of nitrogens with zero attached hydrogens (tertiary/aromatic N) is 4. The van der Waals surface area contributed by atoms with Crippen LogP contribution >= 0.6 is 27.3 Å². The molecule has 4 rings (SSSR count). The number of benzene rings is 2. The van der Waals surface area contributed by atoms with Crippen molar-refractivity contribution < 1.29 is 0 Å². The maximum atomic E-state index is 12.7. The highest BCUT2D eigenvalue weighted by atomic mass is 79.9.